The van der Waals surface area contributed by atoms with Crippen LogP contribution in [0.3, 0.4) is 0 Å². The Balaban J connectivity index is 2.29. The van der Waals surface area contributed by atoms with Gasteiger partial charge in [-0.05, 0) is 30.3 Å². The molecular weight excluding hydrogens is 296 g/mol. The zero-order chi connectivity index (χ0) is 16.4. The molecule has 6 heteroatoms. The van der Waals surface area contributed by atoms with Gasteiger partial charge in [0.05, 0.1) is 30.8 Å². The van der Waals surface area contributed by atoms with Crippen molar-refractivity contribution in [3.63, 3.8) is 0 Å². The number of carboxylic acid groups (broad SMARTS) is 1. The van der Waals surface area contributed by atoms with Gasteiger partial charge in [0.25, 0.3) is 0 Å². The number of rotatable bonds is 5. The van der Waals surface area contributed by atoms with Crippen molar-refractivity contribution in [3.8, 4) is 22.9 Å². The van der Waals surface area contributed by atoms with Gasteiger partial charge in [-0.15, -0.1) is 0 Å². The molecule has 3 rings (SSSR count). The Morgan fingerprint density at radius 3 is 2.65 bits per heavy atom. The van der Waals surface area contributed by atoms with Crippen LogP contribution in [0.5, 0.6) is 11.5 Å². The van der Waals surface area contributed by atoms with Gasteiger partial charge in [0.15, 0.2) is 0 Å². The lowest BCUT2D eigenvalue weighted by atomic mass is 10.1. The summed E-state index contributed by atoms with van der Waals surface area (Å²) in [7, 11) is 3.14. The highest BCUT2D eigenvalue weighted by Crippen LogP contribution is 2.34. The van der Waals surface area contributed by atoms with Crippen LogP contribution in [0.15, 0.2) is 42.5 Å². The fraction of sp³-hybridized carbons (Fsp3) is 0.176. The third kappa shape index (κ3) is 2.70. The number of para-hydroxylation sites is 2. The lowest BCUT2D eigenvalue weighted by Gasteiger charge is -2.12. The number of hydrogen-bond donors (Lipinski definition) is 1. The Morgan fingerprint density at radius 2 is 1.96 bits per heavy atom. The highest BCUT2D eigenvalue weighted by atomic mass is 16.5. The monoisotopic (exact) mass is 312 g/mol. The second-order valence-corrected chi connectivity index (χ2v) is 4.97. The Morgan fingerprint density at radius 1 is 1.17 bits per heavy atom. The minimum atomic E-state index is -0.934. The van der Waals surface area contributed by atoms with Crippen LogP contribution >= 0.6 is 0 Å². The number of aliphatic carboxylic acids is 1. The summed E-state index contributed by atoms with van der Waals surface area (Å²) >= 11 is 0. The standard InChI is InChI=1S/C17H16N2O4/c1-22-11-7-8-15(23-2)12(9-11)17-18-13-5-3-4-6-14(13)19(17)10-16(20)21/h3-9H,10H2,1-2H3,(H,20,21). The molecule has 0 bridgehead atoms. The number of benzene rings is 2. The molecule has 0 amide bonds. The van der Waals surface area contributed by atoms with Gasteiger partial charge in [-0.25, -0.2) is 4.98 Å². The van der Waals surface area contributed by atoms with Crippen LogP contribution in [0.2, 0.25) is 0 Å². The quantitative estimate of drug-likeness (QED) is 0.784. The van der Waals surface area contributed by atoms with Crippen molar-refractivity contribution in [2.24, 2.45) is 0 Å². The molecule has 0 saturated heterocycles. The first-order chi connectivity index (χ1) is 11.1. The molecule has 6 nitrogen and oxygen atoms in total. The Labute approximate surface area is 132 Å². The zero-order valence-electron chi connectivity index (χ0n) is 12.8. The zero-order valence-corrected chi connectivity index (χ0v) is 12.8. The third-order valence-electron chi connectivity index (χ3n) is 3.60. The van der Waals surface area contributed by atoms with E-state index in [-0.39, 0.29) is 6.54 Å². The molecule has 0 atom stereocenters. The number of ether oxygens (including phenoxy) is 2. The highest BCUT2D eigenvalue weighted by molar-refractivity contribution is 5.84. The van der Waals surface area contributed by atoms with Crippen molar-refractivity contribution in [1.29, 1.82) is 0 Å². The molecular formula is C17H16N2O4. The van der Waals surface area contributed by atoms with E-state index in [0.717, 1.165) is 11.0 Å². The van der Waals surface area contributed by atoms with Crippen molar-refractivity contribution in [2.75, 3.05) is 14.2 Å². The van der Waals surface area contributed by atoms with Gasteiger partial charge in [-0.2, -0.15) is 0 Å². The highest BCUT2D eigenvalue weighted by Gasteiger charge is 2.18. The van der Waals surface area contributed by atoms with Crippen molar-refractivity contribution >= 4 is 17.0 Å². The smallest absolute Gasteiger partial charge is 0.323 e. The van der Waals surface area contributed by atoms with Crippen LogP contribution in [-0.2, 0) is 11.3 Å². The number of hydrogen-bond acceptors (Lipinski definition) is 4. The van der Waals surface area contributed by atoms with E-state index in [1.165, 1.54) is 0 Å². The molecule has 23 heavy (non-hydrogen) atoms. The summed E-state index contributed by atoms with van der Waals surface area (Å²) in [5.74, 6) is 0.850. The third-order valence-corrected chi connectivity index (χ3v) is 3.60. The maximum Gasteiger partial charge on any atom is 0.323 e. The van der Waals surface area contributed by atoms with E-state index in [0.29, 0.717) is 22.9 Å². The fourth-order valence-electron chi connectivity index (χ4n) is 2.57. The minimum absolute atomic E-state index is 0.184. The van der Waals surface area contributed by atoms with Crippen molar-refractivity contribution in [1.82, 2.24) is 9.55 Å². The van der Waals surface area contributed by atoms with Crippen molar-refractivity contribution < 1.29 is 19.4 Å². The second kappa shape index (κ2) is 6.00. The van der Waals surface area contributed by atoms with Gasteiger partial charge in [-0.1, -0.05) is 12.1 Å². The lowest BCUT2D eigenvalue weighted by molar-refractivity contribution is -0.137. The summed E-state index contributed by atoms with van der Waals surface area (Å²) in [6.45, 7) is -0.184. The van der Waals surface area contributed by atoms with E-state index in [9.17, 15) is 9.90 Å². The number of aromatic nitrogens is 2. The normalized spacial score (nSPS) is 10.7. The van der Waals surface area contributed by atoms with E-state index in [2.05, 4.69) is 4.98 Å². The molecule has 0 fully saturated rings. The summed E-state index contributed by atoms with van der Waals surface area (Å²) in [5.41, 5.74) is 2.17. The van der Waals surface area contributed by atoms with Crippen LogP contribution in [0.25, 0.3) is 22.4 Å². The Hall–Kier alpha value is -3.02. The van der Waals surface area contributed by atoms with Crippen molar-refractivity contribution in [2.45, 2.75) is 6.54 Å². The molecule has 0 unspecified atom stereocenters. The van der Waals surface area contributed by atoms with Crippen LogP contribution in [0, 0.1) is 0 Å². The first kappa shape index (κ1) is 14.9. The molecule has 1 N–H and O–H groups in total. The maximum atomic E-state index is 11.3. The van der Waals surface area contributed by atoms with Gasteiger partial charge in [0.2, 0.25) is 0 Å². The van der Waals surface area contributed by atoms with E-state index >= 15 is 0 Å². The molecule has 0 aliphatic rings. The second-order valence-electron chi connectivity index (χ2n) is 4.97. The molecule has 0 aliphatic heterocycles. The van der Waals surface area contributed by atoms with Gasteiger partial charge in [-0.3, -0.25) is 4.79 Å². The predicted molar refractivity (Wildman–Crippen MR) is 85.9 cm³/mol. The van der Waals surface area contributed by atoms with Crippen LogP contribution < -0.4 is 9.47 Å². The molecule has 1 aromatic heterocycles. The van der Waals surface area contributed by atoms with Gasteiger partial charge < -0.3 is 19.1 Å². The van der Waals surface area contributed by atoms with Crippen LogP contribution in [0.4, 0.5) is 0 Å². The van der Waals surface area contributed by atoms with E-state index in [1.54, 1.807) is 37.0 Å². The molecule has 0 aliphatic carbocycles. The number of fused-ring (bicyclic) bond motifs is 1. The fourth-order valence-corrected chi connectivity index (χ4v) is 2.57. The molecule has 0 spiro atoms. The van der Waals surface area contributed by atoms with E-state index in [4.69, 9.17) is 9.47 Å². The largest absolute Gasteiger partial charge is 0.497 e. The molecule has 0 saturated carbocycles. The molecule has 3 aromatic rings. The first-order valence-corrected chi connectivity index (χ1v) is 7.03. The number of carbonyl (C=O) groups is 1. The Bertz CT molecular complexity index is 870. The Kier molecular flexibility index (Phi) is 3.89. The van der Waals surface area contributed by atoms with Crippen LogP contribution in [-0.4, -0.2) is 34.8 Å². The summed E-state index contributed by atoms with van der Waals surface area (Å²) in [5, 5.41) is 9.24. The molecule has 2 aromatic carbocycles. The topological polar surface area (TPSA) is 73.6 Å². The number of nitrogens with zero attached hydrogens (tertiary/aromatic N) is 2. The predicted octanol–water partition coefficient (Wildman–Crippen LogP) is 2.81. The van der Waals surface area contributed by atoms with Crippen molar-refractivity contribution in [3.05, 3.63) is 42.5 Å². The van der Waals surface area contributed by atoms with Gasteiger partial charge >= 0.3 is 5.97 Å². The lowest BCUT2D eigenvalue weighted by Crippen LogP contribution is -2.10. The number of methoxy groups -OCH3 is 2. The summed E-state index contributed by atoms with van der Waals surface area (Å²) in [4.78, 5) is 15.9. The van der Waals surface area contributed by atoms with Gasteiger partial charge in [0.1, 0.15) is 23.9 Å². The summed E-state index contributed by atoms with van der Waals surface area (Å²) in [6, 6.07) is 12.8. The average molecular weight is 312 g/mol. The maximum absolute atomic E-state index is 11.3. The number of carboxylic acids is 1. The van der Waals surface area contributed by atoms with Crippen LogP contribution in [0.1, 0.15) is 0 Å². The van der Waals surface area contributed by atoms with E-state index in [1.807, 2.05) is 24.3 Å². The first-order valence-electron chi connectivity index (χ1n) is 7.03. The number of imidazole rings is 1. The summed E-state index contributed by atoms with van der Waals surface area (Å²) < 4.78 is 12.3. The molecule has 1 heterocycles. The summed E-state index contributed by atoms with van der Waals surface area (Å²) in [6.07, 6.45) is 0. The minimum Gasteiger partial charge on any atom is -0.497 e. The average Bonchev–Trinajstić information content (AvgIpc) is 2.92. The van der Waals surface area contributed by atoms with Gasteiger partial charge in [0, 0.05) is 0 Å². The molecule has 0 radical (unpaired) electrons. The van der Waals surface area contributed by atoms with E-state index < -0.39 is 5.97 Å². The SMILES string of the molecule is COc1ccc(OC)c(-c2nc3ccccc3n2CC(=O)O)c1. The molecule has 118 valence electrons.